The minimum absolute atomic E-state index is 0.439. The number of rotatable bonds is 3. The number of benzene rings is 1. The molecule has 0 aliphatic carbocycles. The number of nitrogens with two attached hydrogens (primary N) is 1. The summed E-state index contributed by atoms with van der Waals surface area (Å²) in [7, 11) is 0. The molecular weight excluding hydrogens is 232 g/mol. The second-order valence-corrected chi connectivity index (χ2v) is 4.30. The number of fused-ring (bicyclic) bond motifs is 2. The van der Waals surface area contributed by atoms with E-state index in [9.17, 15) is 0 Å². The maximum atomic E-state index is 5.93. The van der Waals surface area contributed by atoms with Crippen LogP contribution >= 0.6 is 0 Å². The molecule has 0 saturated carbocycles. The molecule has 2 N–H and O–H groups in total. The van der Waals surface area contributed by atoms with Gasteiger partial charge in [0, 0.05) is 5.56 Å². The topological polar surface area (TPSA) is 66.1 Å². The van der Waals surface area contributed by atoms with Crippen molar-refractivity contribution in [1.29, 1.82) is 0 Å². The van der Waals surface area contributed by atoms with Gasteiger partial charge in [-0.05, 0) is 12.5 Å². The van der Waals surface area contributed by atoms with Gasteiger partial charge in [0.05, 0.1) is 25.4 Å². The van der Waals surface area contributed by atoms with Crippen LogP contribution in [-0.4, -0.2) is 25.7 Å². The van der Waals surface area contributed by atoms with E-state index in [-0.39, 0.29) is 0 Å². The van der Waals surface area contributed by atoms with Gasteiger partial charge in [-0.25, -0.2) is 4.99 Å². The molecule has 1 aromatic rings. The fourth-order valence-electron chi connectivity index (χ4n) is 2.29. The first-order valence-electron chi connectivity index (χ1n) is 6.17. The van der Waals surface area contributed by atoms with Crippen LogP contribution in [0, 0.1) is 0 Å². The van der Waals surface area contributed by atoms with Crippen molar-refractivity contribution in [3.63, 3.8) is 0 Å². The summed E-state index contributed by atoms with van der Waals surface area (Å²) in [5.41, 5.74) is 7.57. The van der Waals surface area contributed by atoms with Gasteiger partial charge in [-0.3, -0.25) is 0 Å². The maximum absolute atomic E-state index is 5.93. The van der Waals surface area contributed by atoms with Crippen LogP contribution in [0.15, 0.2) is 23.2 Å². The molecule has 2 heterocycles. The zero-order valence-corrected chi connectivity index (χ0v) is 10.3. The monoisotopic (exact) mass is 248 g/mol. The summed E-state index contributed by atoms with van der Waals surface area (Å²) in [6.07, 6.45) is 0.939. The highest BCUT2D eigenvalue weighted by Gasteiger charge is 2.47. The second-order valence-electron chi connectivity index (χ2n) is 4.30. The Morgan fingerprint density at radius 1 is 1.39 bits per heavy atom. The molecule has 0 radical (unpaired) electrons. The van der Waals surface area contributed by atoms with E-state index in [1.807, 2.05) is 18.2 Å². The van der Waals surface area contributed by atoms with Gasteiger partial charge >= 0.3 is 5.91 Å². The van der Waals surface area contributed by atoms with Crippen LogP contribution < -0.4 is 10.5 Å². The Bertz CT molecular complexity index is 493. The number of hydrogen-bond donors (Lipinski definition) is 1. The van der Waals surface area contributed by atoms with Gasteiger partial charge in [0.2, 0.25) is 0 Å². The van der Waals surface area contributed by atoms with E-state index in [2.05, 4.69) is 11.9 Å². The molecule has 1 fully saturated rings. The average Bonchev–Trinajstić information content (AvgIpc) is 2.95. The first kappa shape index (κ1) is 11.5. The van der Waals surface area contributed by atoms with Crippen molar-refractivity contribution < 1.29 is 14.2 Å². The number of amidine groups is 1. The highest BCUT2D eigenvalue weighted by Crippen LogP contribution is 2.44. The molecule has 3 rings (SSSR count). The van der Waals surface area contributed by atoms with Crippen molar-refractivity contribution in [1.82, 2.24) is 0 Å². The van der Waals surface area contributed by atoms with Crippen LogP contribution in [0.25, 0.3) is 0 Å². The van der Waals surface area contributed by atoms with Crippen LogP contribution in [0.2, 0.25) is 0 Å². The third kappa shape index (κ3) is 1.59. The molecule has 1 saturated heterocycles. The first-order chi connectivity index (χ1) is 8.77. The quantitative estimate of drug-likeness (QED) is 0.877. The van der Waals surface area contributed by atoms with Crippen molar-refractivity contribution in [3.05, 3.63) is 29.3 Å². The van der Waals surface area contributed by atoms with Crippen molar-refractivity contribution in [2.24, 2.45) is 10.7 Å². The SMILES string of the molecule is CCCOc1cccc2c1C1(N=C2N)OCCO1. The molecule has 2 aliphatic heterocycles. The van der Waals surface area contributed by atoms with Crippen LogP contribution in [0.3, 0.4) is 0 Å². The zero-order valence-electron chi connectivity index (χ0n) is 10.3. The Hall–Kier alpha value is -1.59. The van der Waals surface area contributed by atoms with Gasteiger partial charge in [0.25, 0.3) is 0 Å². The minimum Gasteiger partial charge on any atom is -0.493 e. The van der Waals surface area contributed by atoms with Gasteiger partial charge < -0.3 is 19.9 Å². The van der Waals surface area contributed by atoms with Crippen LogP contribution in [0.1, 0.15) is 24.5 Å². The Kier molecular flexibility index (Phi) is 2.72. The standard InChI is InChI=1S/C13H16N2O3/c1-2-6-16-10-5-3-4-9-11(10)13(15-12(9)14)17-7-8-18-13/h3-5H,2,6-8H2,1H3,(H2,14,15). The summed E-state index contributed by atoms with van der Waals surface area (Å²) in [4.78, 5) is 4.33. The predicted octanol–water partition coefficient (Wildman–Crippen LogP) is 1.35. The Labute approximate surface area is 106 Å². The molecule has 0 aromatic heterocycles. The van der Waals surface area contributed by atoms with E-state index in [4.69, 9.17) is 19.9 Å². The lowest BCUT2D eigenvalue weighted by atomic mass is 10.1. The van der Waals surface area contributed by atoms with Crippen molar-refractivity contribution >= 4 is 5.84 Å². The normalized spacial score (nSPS) is 19.9. The van der Waals surface area contributed by atoms with Gasteiger partial charge in [0.1, 0.15) is 11.6 Å². The van der Waals surface area contributed by atoms with E-state index in [0.717, 1.165) is 23.3 Å². The van der Waals surface area contributed by atoms with E-state index >= 15 is 0 Å². The van der Waals surface area contributed by atoms with E-state index in [1.54, 1.807) is 0 Å². The molecule has 0 bridgehead atoms. The minimum atomic E-state index is -1.08. The summed E-state index contributed by atoms with van der Waals surface area (Å²) in [6, 6.07) is 5.71. The molecule has 0 amide bonds. The van der Waals surface area contributed by atoms with Crippen LogP contribution in [-0.2, 0) is 15.4 Å². The molecule has 0 unspecified atom stereocenters. The molecule has 1 spiro atoms. The molecule has 5 heteroatoms. The lowest BCUT2D eigenvalue weighted by molar-refractivity contribution is -0.156. The Balaban J connectivity index is 2.07. The van der Waals surface area contributed by atoms with Crippen molar-refractivity contribution in [2.75, 3.05) is 19.8 Å². The molecule has 5 nitrogen and oxygen atoms in total. The summed E-state index contributed by atoms with van der Waals surface area (Å²) < 4.78 is 17.0. The highest BCUT2D eigenvalue weighted by molar-refractivity contribution is 6.02. The largest absolute Gasteiger partial charge is 0.493 e. The van der Waals surface area contributed by atoms with Gasteiger partial charge in [-0.2, -0.15) is 0 Å². The summed E-state index contributed by atoms with van der Waals surface area (Å²) in [5.74, 6) is 0.0957. The third-order valence-electron chi connectivity index (χ3n) is 3.03. The van der Waals surface area contributed by atoms with Gasteiger partial charge in [0.15, 0.2) is 0 Å². The second kappa shape index (κ2) is 4.26. The molecule has 2 aliphatic rings. The highest BCUT2D eigenvalue weighted by atomic mass is 16.8. The van der Waals surface area contributed by atoms with Crippen molar-refractivity contribution in [2.45, 2.75) is 19.3 Å². The molecular formula is C13H16N2O3. The number of aliphatic imine (C=N–C) groups is 1. The van der Waals surface area contributed by atoms with Gasteiger partial charge in [-0.15, -0.1) is 0 Å². The Morgan fingerprint density at radius 2 is 2.17 bits per heavy atom. The molecule has 18 heavy (non-hydrogen) atoms. The van der Waals surface area contributed by atoms with Crippen LogP contribution in [0.4, 0.5) is 0 Å². The molecule has 1 aromatic carbocycles. The average molecular weight is 248 g/mol. The van der Waals surface area contributed by atoms with Gasteiger partial charge in [-0.1, -0.05) is 19.1 Å². The summed E-state index contributed by atoms with van der Waals surface area (Å²) in [6.45, 7) is 3.73. The van der Waals surface area contributed by atoms with Crippen molar-refractivity contribution in [3.8, 4) is 5.75 Å². The van der Waals surface area contributed by atoms with Crippen LogP contribution in [0.5, 0.6) is 5.75 Å². The summed E-state index contributed by atoms with van der Waals surface area (Å²) in [5, 5.41) is 0. The smallest absolute Gasteiger partial charge is 0.304 e. The number of ether oxygens (including phenoxy) is 3. The van der Waals surface area contributed by atoms with E-state index in [0.29, 0.717) is 25.7 Å². The maximum Gasteiger partial charge on any atom is 0.304 e. The number of hydrogen-bond acceptors (Lipinski definition) is 5. The molecule has 0 atom stereocenters. The molecule has 96 valence electrons. The lowest BCUT2D eigenvalue weighted by Crippen LogP contribution is -2.23. The first-order valence-corrected chi connectivity index (χ1v) is 6.17. The summed E-state index contributed by atoms with van der Waals surface area (Å²) >= 11 is 0. The zero-order chi connectivity index (χ0) is 12.6. The van der Waals surface area contributed by atoms with E-state index < -0.39 is 5.91 Å². The van der Waals surface area contributed by atoms with E-state index in [1.165, 1.54) is 0 Å². The predicted molar refractivity (Wildman–Crippen MR) is 66.5 cm³/mol. The number of nitrogens with zero attached hydrogens (tertiary/aromatic N) is 1. The third-order valence-corrected chi connectivity index (χ3v) is 3.03. The fraction of sp³-hybridized carbons (Fsp3) is 0.462. The fourth-order valence-corrected chi connectivity index (χ4v) is 2.29. The lowest BCUT2D eigenvalue weighted by Gasteiger charge is -2.21. The Morgan fingerprint density at radius 3 is 2.89 bits per heavy atom.